The Morgan fingerprint density at radius 3 is 2.84 bits per heavy atom. The van der Waals surface area contributed by atoms with E-state index in [4.69, 9.17) is 4.74 Å². The number of ether oxygens (including phenoxy) is 1. The Bertz CT molecular complexity index is 673. The van der Waals surface area contributed by atoms with Gasteiger partial charge in [0, 0.05) is 17.1 Å². The molecule has 5 nitrogen and oxygen atoms in total. The van der Waals surface area contributed by atoms with Crippen LogP contribution in [0.15, 0.2) is 35.7 Å². The molecule has 1 unspecified atom stereocenters. The van der Waals surface area contributed by atoms with Gasteiger partial charge in [0.2, 0.25) is 5.91 Å². The molecule has 0 radical (unpaired) electrons. The minimum Gasteiger partial charge on any atom is -0.389 e. The van der Waals surface area contributed by atoms with Crippen molar-refractivity contribution in [3.8, 4) is 0 Å². The molecule has 2 rings (SSSR count). The first kappa shape index (κ1) is 19.6. The minimum atomic E-state index is -0.626. The number of aliphatic hydroxyl groups is 1. The van der Waals surface area contributed by atoms with E-state index in [1.807, 2.05) is 56.6 Å². The number of aliphatic hydroxyl groups excluding tert-OH is 1. The molecule has 0 aliphatic rings. The smallest absolute Gasteiger partial charge is 0.238 e. The summed E-state index contributed by atoms with van der Waals surface area (Å²) in [5.74, 6) is -0.0945. The fraction of sp³-hybridized carbons (Fsp3) is 0.421. The second kappa shape index (κ2) is 9.68. The third-order valence-electron chi connectivity index (χ3n) is 3.95. The third-order valence-corrected chi connectivity index (χ3v) is 4.80. The Kier molecular flexibility index (Phi) is 7.58. The number of carbonyl (C=O) groups is 1. The summed E-state index contributed by atoms with van der Waals surface area (Å²) in [5, 5.41) is 15.0. The molecule has 0 saturated heterocycles. The van der Waals surface area contributed by atoms with Crippen molar-refractivity contribution in [2.24, 2.45) is 0 Å². The highest BCUT2D eigenvalue weighted by Crippen LogP contribution is 2.17. The quantitative estimate of drug-likeness (QED) is 0.720. The number of benzene rings is 1. The fourth-order valence-corrected chi connectivity index (χ4v) is 3.13. The highest BCUT2D eigenvalue weighted by Gasteiger charge is 2.13. The summed E-state index contributed by atoms with van der Waals surface area (Å²) in [5.41, 5.74) is 3.04. The van der Waals surface area contributed by atoms with Gasteiger partial charge >= 0.3 is 0 Å². The Hall–Kier alpha value is -1.73. The second-order valence-electron chi connectivity index (χ2n) is 6.24. The largest absolute Gasteiger partial charge is 0.389 e. The maximum atomic E-state index is 12.2. The minimum absolute atomic E-state index is 0.0945. The molecule has 2 aromatic rings. The first-order valence-corrected chi connectivity index (χ1v) is 9.16. The van der Waals surface area contributed by atoms with E-state index in [0.717, 1.165) is 21.7 Å². The van der Waals surface area contributed by atoms with Crippen LogP contribution in [0.4, 0.5) is 5.69 Å². The van der Waals surface area contributed by atoms with Crippen LogP contribution in [0.5, 0.6) is 0 Å². The van der Waals surface area contributed by atoms with Gasteiger partial charge in [-0.2, -0.15) is 0 Å². The van der Waals surface area contributed by atoms with Crippen molar-refractivity contribution < 1.29 is 14.6 Å². The zero-order valence-corrected chi connectivity index (χ0v) is 15.8. The number of hydrogen-bond donors (Lipinski definition) is 2. The standard InChI is InChI=1S/C19H26N2O3S/c1-14-6-4-8-18(15(14)2)20-19(23)11-21(3)10-16(22)12-24-13-17-7-5-9-25-17/h4-9,16,22H,10-13H2,1-3H3,(H,20,23). The molecular weight excluding hydrogens is 336 g/mol. The predicted molar refractivity (Wildman–Crippen MR) is 102 cm³/mol. The van der Waals surface area contributed by atoms with Crippen molar-refractivity contribution in [3.05, 3.63) is 51.7 Å². The zero-order valence-electron chi connectivity index (χ0n) is 15.0. The SMILES string of the molecule is Cc1cccc(NC(=O)CN(C)CC(O)COCc2cccs2)c1C. The number of thiophene rings is 1. The van der Waals surface area contributed by atoms with Gasteiger partial charge in [-0.05, 0) is 49.5 Å². The lowest BCUT2D eigenvalue weighted by atomic mass is 10.1. The van der Waals surface area contributed by atoms with Crippen LogP contribution in [0.25, 0.3) is 0 Å². The van der Waals surface area contributed by atoms with Gasteiger partial charge in [0.05, 0.1) is 25.9 Å². The van der Waals surface area contributed by atoms with Crippen LogP contribution in [0.1, 0.15) is 16.0 Å². The number of nitrogens with zero attached hydrogens (tertiary/aromatic N) is 1. The van der Waals surface area contributed by atoms with Gasteiger partial charge in [0.1, 0.15) is 0 Å². The molecule has 0 spiro atoms. The van der Waals surface area contributed by atoms with Crippen LogP contribution < -0.4 is 5.32 Å². The predicted octanol–water partition coefficient (Wildman–Crippen LogP) is 2.81. The number of rotatable bonds is 9. The first-order valence-electron chi connectivity index (χ1n) is 8.28. The van der Waals surface area contributed by atoms with Gasteiger partial charge in [-0.1, -0.05) is 18.2 Å². The van der Waals surface area contributed by atoms with Crippen molar-refractivity contribution in [2.45, 2.75) is 26.6 Å². The van der Waals surface area contributed by atoms with Crippen molar-refractivity contribution in [2.75, 3.05) is 32.1 Å². The van der Waals surface area contributed by atoms with E-state index in [9.17, 15) is 9.90 Å². The molecule has 0 fully saturated rings. The van der Waals surface area contributed by atoms with Crippen LogP contribution in [-0.2, 0) is 16.1 Å². The molecule has 136 valence electrons. The molecule has 0 aliphatic carbocycles. The number of nitrogens with one attached hydrogen (secondary N) is 1. The monoisotopic (exact) mass is 362 g/mol. The average Bonchev–Trinajstić information content (AvgIpc) is 3.05. The summed E-state index contributed by atoms with van der Waals surface area (Å²) < 4.78 is 5.50. The second-order valence-corrected chi connectivity index (χ2v) is 7.27. The lowest BCUT2D eigenvalue weighted by molar-refractivity contribution is -0.117. The molecule has 1 aromatic carbocycles. The van der Waals surface area contributed by atoms with Crippen molar-refractivity contribution >= 4 is 22.9 Å². The number of amides is 1. The molecule has 0 saturated carbocycles. The molecule has 25 heavy (non-hydrogen) atoms. The number of aryl methyl sites for hydroxylation is 1. The Morgan fingerprint density at radius 1 is 1.32 bits per heavy atom. The maximum Gasteiger partial charge on any atom is 0.238 e. The molecule has 1 heterocycles. The maximum absolute atomic E-state index is 12.2. The Balaban J connectivity index is 1.70. The van der Waals surface area contributed by atoms with Gasteiger partial charge in [-0.25, -0.2) is 0 Å². The van der Waals surface area contributed by atoms with Crippen molar-refractivity contribution in [1.29, 1.82) is 0 Å². The van der Waals surface area contributed by atoms with Crippen molar-refractivity contribution in [1.82, 2.24) is 4.90 Å². The number of carbonyl (C=O) groups excluding carboxylic acids is 1. The summed E-state index contributed by atoms with van der Waals surface area (Å²) in [4.78, 5) is 15.1. The highest BCUT2D eigenvalue weighted by molar-refractivity contribution is 7.09. The van der Waals surface area contributed by atoms with Crippen LogP contribution in [-0.4, -0.2) is 48.8 Å². The van der Waals surface area contributed by atoms with Crippen LogP contribution >= 0.6 is 11.3 Å². The van der Waals surface area contributed by atoms with Crippen LogP contribution in [0, 0.1) is 13.8 Å². The molecule has 0 bridgehead atoms. The summed E-state index contributed by atoms with van der Waals surface area (Å²) in [6, 6.07) is 9.82. The summed E-state index contributed by atoms with van der Waals surface area (Å²) >= 11 is 1.63. The molecule has 2 N–H and O–H groups in total. The molecule has 1 amide bonds. The Labute approximate surface area is 153 Å². The molecule has 0 aliphatic heterocycles. The van der Waals surface area contributed by atoms with Crippen LogP contribution in [0.2, 0.25) is 0 Å². The molecule has 1 aromatic heterocycles. The zero-order chi connectivity index (χ0) is 18.2. The fourth-order valence-electron chi connectivity index (χ4n) is 2.49. The van der Waals surface area contributed by atoms with E-state index in [0.29, 0.717) is 13.2 Å². The van der Waals surface area contributed by atoms with E-state index < -0.39 is 6.10 Å². The molecule has 6 heteroatoms. The van der Waals surface area contributed by atoms with Gasteiger partial charge < -0.3 is 15.2 Å². The summed E-state index contributed by atoms with van der Waals surface area (Å²) in [6.45, 7) is 5.36. The van der Waals surface area contributed by atoms with Gasteiger partial charge in [0.25, 0.3) is 0 Å². The van der Waals surface area contributed by atoms with E-state index in [-0.39, 0.29) is 19.1 Å². The topological polar surface area (TPSA) is 61.8 Å². The molecular formula is C19H26N2O3S. The summed E-state index contributed by atoms with van der Waals surface area (Å²) in [6.07, 6.45) is -0.626. The normalized spacial score (nSPS) is 12.4. The lowest BCUT2D eigenvalue weighted by Crippen LogP contribution is -2.37. The van der Waals surface area contributed by atoms with E-state index in [2.05, 4.69) is 5.32 Å². The van der Waals surface area contributed by atoms with E-state index in [1.165, 1.54) is 0 Å². The van der Waals surface area contributed by atoms with E-state index >= 15 is 0 Å². The average molecular weight is 362 g/mol. The van der Waals surface area contributed by atoms with E-state index in [1.54, 1.807) is 16.2 Å². The van der Waals surface area contributed by atoms with Crippen LogP contribution in [0.3, 0.4) is 0 Å². The van der Waals surface area contributed by atoms with Crippen molar-refractivity contribution in [3.63, 3.8) is 0 Å². The number of anilines is 1. The summed E-state index contributed by atoms with van der Waals surface area (Å²) in [7, 11) is 1.81. The first-order chi connectivity index (χ1) is 12.0. The van der Waals surface area contributed by atoms with Gasteiger partial charge in [-0.3, -0.25) is 9.69 Å². The molecule has 1 atom stereocenters. The highest BCUT2D eigenvalue weighted by atomic mass is 32.1. The number of hydrogen-bond acceptors (Lipinski definition) is 5. The Morgan fingerprint density at radius 2 is 2.12 bits per heavy atom. The third kappa shape index (κ3) is 6.59. The number of likely N-dealkylation sites (N-methyl/N-ethyl adjacent to an activating group) is 1. The van der Waals surface area contributed by atoms with Gasteiger partial charge in [0.15, 0.2) is 0 Å². The van der Waals surface area contributed by atoms with Gasteiger partial charge in [-0.15, -0.1) is 11.3 Å². The lowest BCUT2D eigenvalue weighted by Gasteiger charge is -2.20.